The minimum Gasteiger partial charge on any atom is -0.454 e. The van der Waals surface area contributed by atoms with Crippen LogP contribution in [-0.4, -0.2) is 25.3 Å². The van der Waals surface area contributed by atoms with Gasteiger partial charge in [0.2, 0.25) is 6.79 Å². The molecule has 0 bridgehead atoms. The lowest BCUT2D eigenvalue weighted by Gasteiger charge is -2.30. The Balaban J connectivity index is 2.12. The smallest absolute Gasteiger partial charge is 0.251 e. The van der Waals surface area contributed by atoms with Crippen molar-refractivity contribution in [3.8, 4) is 11.5 Å². The van der Waals surface area contributed by atoms with Crippen LogP contribution in [-0.2, 0) is 0 Å². The van der Waals surface area contributed by atoms with Crippen molar-refractivity contribution in [1.82, 2.24) is 5.32 Å². The van der Waals surface area contributed by atoms with E-state index in [1.54, 1.807) is 18.2 Å². The highest BCUT2D eigenvalue weighted by molar-refractivity contribution is 5.95. The molecule has 1 amide bonds. The van der Waals surface area contributed by atoms with Crippen LogP contribution in [0.2, 0.25) is 0 Å². The molecule has 1 heterocycles. The summed E-state index contributed by atoms with van der Waals surface area (Å²) in [5.74, 6) is 1.12. The van der Waals surface area contributed by atoms with E-state index in [1.165, 1.54) is 0 Å². The Bertz CT molecular complexity index is 480. The van der Waals surface area contributed by atoms with E-state index in [-0.39, 0.29) is 24.2 Å². The van der Waals surface area contributed by atoms with E-state index in [0.717, 1.165) is 0 Å². The average Bonchev–Trinajstić information content (AvgIpc) is 2.81. The normalized spacial score (nSPS) is 15.2. The Kier molecular flexibility index (Phi) is 3.66. The van der Waals surface area contributed by atoms with Crippen LogP contribution < -0.4 is 20.5 Å². The molecule has 0 spiro atoms. The van der Waals surface area contributed by atoms with Crippen LogP contribution in [0, 0.1) is 5.41 Å². The first-order chi connectivity index (χ1) is 8.91. The third-order valence-corrected chi connectivity index (χ3v) is 3.22. The van der Waals surface area contributed by atoms with Crippen molar-refractivity contribution in [2.45, 2.75) is 26.8 Å². The van der Waals surface area contributed by atoms with Crippen LogP contribution in [0.3, 0.4) is 0 Å². The SMILES string of the molecule is CC(C)(C)C(CN)NC(=O)c1ccc2c(c1)OCO2. The quantitative estimate of drug-likeness (QED) is 0.868. The Morgan fingerprint density at radius 3 is 2.68 bits per heavy atom. The van der Waals surface area contributed by atoms with E-state index in [1.807, 2.05) is 20.8 Å². The molecule has 1 aromatic rings. The van der Waals surface area contributed by atoms with Crippen LogP contribution in [0.15, 0.2) is 18.2 Å². The van der Waals surface area contributed by atoms with E-state index in [2.05, 4.69) is 5.32 Å². The number of carbonyl (C=O) groups is 1. The second-order valence-electron chi connectivity index (χ2n) is 5.70. The minimum absolute atomic E-state index is 0.0783. The first-order valence-corrected chi connectivity index (χ1v) is 6.32. The maximum absolute atomic E-state index is 12.2. The molecule has 104 valence electrons. The Labute approximate surface area is 113 Å². The van der Waals surface area contributed by atoms with Crippen molar-refractivity contribution in [3.05, 3.63) is 23.8 Å². The summed E-state index contributed by atoms with van der Waals surface area (Å²) in [5.41, 5.74) is 6.18. The number of ether oxygens (including phenoxy) is 2. The molecule has 1 aliphatic heterocycles. The van der Waals surface area contributed by atoms with Crippen LogP contribution in [0.5, 0.6) is 11.5 Å². The molecule has 1 atom stereocenters. The zero-order valence-electron chi connectivity index (χ0n) is 11.5. The lowest BCUT2D eigenvalue weighted by molar-refractivity contribution is 0.0905. The number of hydrogen-bond acceptors (Lipinski definition) is 4. The van der Waals surface area contributed by atoms with E-state index >= 15 is 0 Å². The van der Waals surface area contributed by atoms with Crippen LogP contribution >= 0.6 is 0 Å². The number of carbonyl (C=O) groups excluding carboxylic acids is 1. The van der Waals surface area contributed by atoms with Gasteiger partial charge in [0.15, 0.2) is 11.5 Å². The number of nitrogens with two attached hydrogens (primary N) is 1. The van der Waals surface area contributed by atoms with Gasteiger partial charge in [-0.25, -0.2) is 0 Å². The predicted molar refractivity (Wildman–Crippen MR) is 72.3 cm³/mol. The fourth-order valence-electron chi connectivity index (χ4n) is 1.91. The number of nitrogens with one attached hydrogen (secondary N) is 1. The number of benzene rings is 1. The molecule has 0 saturated heterocycles. The van der Waals surface area contributed by atoms with Crippen LogP contribution in [0.1, 0.15) is 31.1 Å². The van der Waals surface area contributed by atoms with Gasteiger partial charge in [-0.3, -0.25) is 4.79 Å². The topological polar surface area (TPSA) is 73.6 Å². The van der Waals surface area contributed by atoms with Gasteiger partial charge < -0.3 is 20.5 Å². The Morgan fingerprint density at radius 2 is 2.05 bits per heavy atom. The van der Waals surface area contributed by atoms with Gasteiger partial charge in [0.1, 0.15) is 0 Å². The van der Waals surface area contributed by atoms with Crippen molar-refractivity contribution in [3.63, 3.8) is 0 Å². The molecule has 3 N–H and O–H groups in total. The van der Waals surface area contributed by atoms with Gasteiger partial charge in [-0.2, -0.15) is 0 Å². The largest absolute Gasteiger partial charge is 0.454 e. The average molecular weight is 264 g/mol. The number of fused-ring (bicyclic) bond motifs is 1. The molecule has 5 nitrogen and oxygen atoms in total. The van der Waals surface area contributed by atoms with Gasteiger partial charge in [-0.1, -0.05) is 20.8 Å². The van der Waals surface area contributed by atoms with E-state index < -0.39 is 0 Å². The molecule has 2 rings (SSSR count). The Morgan fingerprint density at radius 1 is 1.37 bits per heavy atom. The van der Waals surface area contributed by atoms with Gasteiger partial charge >= 0.3 is 0 Å². The fraction of sp³-hybridized carbons (Fsp3) is 0.500. The summed E-state index contributed by atoms with van der Waals surface area (Å²) in [4.78, 5) is 12.2. The lowest BCUT2D eigenvalue weighted by Crippen LogP contribution is -2.48. The first kappa shape index (κ1) is 13.7. The summed E-state index contributed by atoms with van der Waals surface area (Å²) in [6, 6.07) is 5.07. The molecular weight excluding hydrogens is 244 g/mol. The van der Waals surface area contributed by atoms with Crippen molar-refractivity contribution in [2.24, 2.45) is 11.1 Å². The maximum atomic E-state index is 12.2. The molecule has 1 aromatic carbocycles. The molecule has 1 aliphatic rings. The third kappa shape index (κ3) is 2.98. The maximum Gasteiger partial charge on any atom is 0.251 e. The molecule has 0 radical (unpaired) electrons. The molecule has 1 unspecified atom stereocenters. The van der Waals surface area contributed by atoms with Gasteiger partial charge in [0.25, 0.3) is 5.91 Å². The summed E-state index contributed by atoms with van der Waals surface area (Å²) in [6.45, 7) is 6.74. The molecular formula is C14H20N2O3. The van der Waals surface area contributed by atoms with Crippen molar-refractivity contribution in [2.75, 3.05) is 13.3 Å². The highest BCUT2D eigenvalue weighted by Gasteiger charge is 2.26. The summed E-state index contributed by atoms with van der Waals surface area (Å²) in [7, 11) is 0. The van der Waals surface area contributed by atoms with E-state index in [4.69, 9.17) is 15.2 Å². The standard InChI is InChI=1S/C14H20N2O3/c1-14(2,3)12(7-15)16-13(17)9-4-5-10-11(6-9)19-8-18-10/h4-6,12H,7-8,15H2,1-3H3,(H,16,17). The zero-order valence-corrected chi connectivity index (χ0v) is 11.5. The summed E-state index contributed by atoms with van der Waals surface area (Å²) in [6.07, 6.45) is 0. The second-order valence-corrected chi connectivity index (χ2v) is 5.70. The van der Waals surface area contributed by atoms with Crippen molar-refractivity contribution < 1.29 is 14.3 Å². The molecule has 19 heavy (non-hydrogen) atoms. The third-order valence-electron chi connectivity index (χ3n) is 3.22. The number of amides is 1. The predicted octanol–water partition coefficient (Wildman–Crippen LogP) is 1.52. The number of hydrogen-bond donors (Lipinski definition) is 2. The fourth-order valence-corrected chi connectivity index (χ4v) is 1.91. The molecule has 0 fully saturated rings. The molecule has 0 aliphatic carbocycles. The number of rotatable bonds is 3. The van der Waals surface area contributed by atoms with Gasteiger partial charge in [-0.05, 0) is 23.6 Å². The monoisotopic (exact) mass is 264 g/mol. The van der Waals surface area contributed by atoms with E-state index in [0.29, 0.717) is 23.6 Å². The second kappa shape index (κ2) is 5.09. The van der Waals surface area contributed by atoms with Crippen LogP contribution in [0.25, 0.3) is 0 Å². The molecule has 0 saturated carbocycles. The van der Waals surface area contributed by atoms with Crippen LogP contribution in [0.4, 0.5) is 0 Å². The van der Waals surface area contributed by atoms with Crippen molar-refractivity contribution >= 4 is 5.91 Å². The highest BCUT2D eigenvalue weighted by Crippen LogP contribution is 2.32. The minimum atomic E-state index is -0.149. The zero-order chi connectivity index (χ0) is 14.0. The lowest BCUT2D eigenvalue weighted by atomic mass is 9.86. The van der Waals surface area contributed by atoms with Gasteiger partial charge in [0, 0.05) is 18.2 Å². The summed E-state index contributed by atoms with van der Waals surface area (Å²) in [5, 5.41) is 2.95. The van der Waals surface area contributed by atoms with Gasteiger partial charge in [-0.15, -0.1) is 0 Å². The van der Waals surface area contributed by atoms with Gasteiger partial charge in [0.05, 0.1) is 0 Å². The summed E-state index contributed by atoms with van der Waals surface area (Å²) < 4.78 is 10.5. The van der Waals surface area contributed by atoms with Crippen molar-refractivity contribution in [1.29, 1.82) is 0 Å². The molecule has 5 heteroatoms. The van der Waals surface area contributed by atoms with E-state index in [9.17, 15) is 4.79 Å². The molecule has 0 aromatic heterocycles. The highest BCUT2D eigenvalue weighted by atomic mass is 16.7. The first-order valence-electron chi connectivity index (χ1n) is 6.32. The summed E-state index contributed by atoms with van der Waals surface area (Å²) >= 11 is 0. The Hall–Kier alpha value is -1.75.